The molecular weight excluding hydrogens is 529 g/mol. The highest BCUT2D eigenvalue weighted by Crippen LogP contribution is 2.75. The Bertz CT molecular complexity index is 1260. The maximum absolute atomic E-state index is 14.5. The quantitative estimate of drug-likeness (QED) is 0.352. The first-order chi connectivity index (χ1) is 18.7. The van der Waals surface area contributed by atoms with E-state index in [0.717, 1.165) is 25.7 Å². The lowest BCUT2D eigenvalue weighted by atomic mass is 9.31. The van der Waals surface area contributed by atoms with Gasteiger partial charge >= 0.3 is 12.1 Å². The molecule has 5 aliphatic carbocycles. The highest BCUT2D eigenvalue weighted by molar-refractivity contribution is 6.02. The Hall–Kier alpha value is -2.17. The van der Waals surface area contributed by atoms with Gasteiger partial charge < -0.3 is 10.1 Å². The van der Waals surface area contributed by atoms with Crippen LogP contribution in [0.25, 0.3) is 4.85 Å². The van der Waals surface area contributed by atoms with Gasteiger partial charge in [-0.15, -0.1) is 0 Å². The average molecular weight is 575 g/mol. The van der Waals surface area contributed by atoms with Crippen LogP contribution in [0.3, 0.4) is 0 Å². The molecule has 0 bridgehead atoms. The fourth-order valence-electron chi connectivity index (χ4n) is 11.0. The summed E-state index contributed by atoms with van der Waals surface area (Å²) in [5, 5.41) is 2.22. The van der Waals surface area contributed by atoms with Gasteiger partial charge in [0.25, 0.3) is 0 Å². The number of Topliss-reactive ketones (excluding diaryl/α,β-unsaturated/α-hetero) is 2. The molecule has 1 N–H and O–H groups in total. The number of nitrogens with zero attached hydrogens (tertiary/aromatic N) is 1. The summed E-state index contributed by atoms with van der Waals surface area (Å²) >= 11 is 0. The summed E-state index contributed by atoms with van der Waals surface area (Å²) in [6.45, 7) is 22.6. The van der Waals surface area contributed by atoms with Crippen molar-refractivity contribution in [3.05, 3.63) is 23.2 Å². The van der Waals surface area contributed by atoms with Gasteiger partial charge in [0.15, 0.2) is 5.78 Å². The topological polar surface area (TPSA) is 67.6 Å². The molecule has 226 valence electrons. The highest BCUT2D eigenvalue weighted by Gasteiger charge is 2.72. The molecule has 0 saturated heterocycles. The van der Waals surface area contributed by atoms with Crippen molar-refractivity contribution in [2.75, 3.05) is 6.54 Å². The molecule has 0 aromatic carbocycles. The van der Waals surface area contributed by atoms with E-state index in [0.29, 0.717) is 25.7 Å². The van der Waals surface area contributed by atoms with Crippen molar-refractivity contribution in [2.45, 2.75) is 106 Å². The zero-order valence-corrected chi connectivity index (χ0v) is 25.6. The Balaban J connectivity index is 1.57. The second kappa shape index (κ2) is 8.92. The Morgan fingerprint density at radius 3 is 2.22 bits per heavy atom. The minimum atomic E-state index is -4.94. The zero-order chi connectivity index (χ0) is 30.6. The lowest BCUT2D eigenvalue weighted by Gasteiger charge is -2.72. The first-order valence-electron chi connectivity index (χ1n) is 15.2. The van der Waals surface area contributed by atoms with Crippen LogP contribution in [-0.2, 0) is 14.4 Å². The number of carbonyl (C=O) groups is 3. The van der Waals surface area contributed by atoms with Crippen LogP contribution in [-0.4, -0.2) is 30.2 Å². The van der Waals surface area contributed by atoms with E-state index in [-0.39, 0.29) is 63.7 Å². The third kappa shape index (κ3) is 4.10. The van der Waals surface area contributed by atoms with Crippen LogP contribution < -0.4 is 5.32 Å². The molecule has 1 amide bonds. The second-order valence-corrected chi connectivity index (χ2v) is 16.2. The van der Waals surface area contributed by atoms with E-state index in [2.05, 4.69) is 44.8 Å². The van der Waals surface area contributed by atoms with Crippen molar-refractivity contribution in [2.24, 2.45) is 56.2 Å². The number of halogens is 3. The van der Waals surface area contributed by atoms with E-state index >= 15 is 0 Å². The molecule has 8 heteroatoms. The van der Waals surface area contributed by atoms with Crippen LogP contribution in [0.2, 0.25) is 0 Å². The van der Waals surface area contributed by atoms with Crippen LogP contribution in [0, 0.1) is 62.7 Å². The molecule has 0 aromatic heterocycles. The van der Waals surface area contributed by atoms with Crippen LogP contribution in [0.5, 0.6) is 0 Å². The molecule has 5 rings (SSSR count). The SMILES string of the molecule is [C-]#[N+]C1=C[C@@]2(C)C(CC[C@]3(C)C2CC(=O)[C@@H]2[C@@H]4CC(C)(C)CC[C@]4(CNC(=O)C(F)(F)F)CC[C@]23C)C(C)(C)C1=O. The molecule has 2 unspecified atom stereocenters. The minimum absolute atomic E-state index is 0.0212. The molecule has 0 aromatic rings. The number of carbonyl (C=O) groups excluding carboxylic acids is 3. The molecule has 4 saturated carbocycles. The summed E-state index contributed by atoms with van der Waals surface area (Å²) in [7, 11) is 0. The molecule has 0 aliphatic heterocycles. The predicted octanol–water partition coefficient (Wildman–Crippen LogP) is 7.32. The molecule has 4 fully saturated rings. The summed E-state index contributed by atoms with van der Waals surface area (Å²) in [5.74, 6) is -2.30. The molecule has 41 heavy (non-hydrogen) atoms. The van der Waals surface area contributed by atoms with Crippen LogP contribution in [0.4, 0.5) is 13.2 Å². The summed E-state index contributed by atoms with van der Waals surface area (Å²) in [6.07, 6.45) is 2.63. The number of nitrogens with one attached hydrogen (secondary N) is 1. The standard InChI is InChI=1S/C33H45F3N2O3/c1-27(2)11-13-32(18-38-26(41)33(34,35)36)14-12-31(7)24(19(32)16-27)21(39)15-23-29(5)17-20(37-8)25(40)28(3,4)22(29)9-10-30(23,31)6/h17,19,22-24H,9-16,18H2,1-7H3,(H,38,41)/t19-,22?,23?,24-,29-,30+,31+,32+/m0/s1. The van der Waals surface area contributed by atoms with E-state index < -0.39 is 28.3 Å². The lowest BCUT2D eigenvalue weighted by Crippen LogP contribution is -2.69. The van der Waals surface area contributed by atoms with Gasteiger partial charge in [0.1, 0.15) is 5.78 Å². The Labute approximate surface area is 242 Å². The van der Waals surface area contributed by atoms with Crippen molar-refractivity contribution in [3.8, 4) is 0 Å². The monoisotopic (exact) mass is 574 g/mol. The fourth-order valence-corrected chi connectivity index (χ4v) is 11.0. The average Bonchev–Trinajstić information content (AvgIpc) is 2.86. The molecule has 8 atom stereocenters. The van der Waals surface area contributed by atoms with Crippen molar-refractivity contribution >= 4 is 17.5 Å². The Kier molecular flexibility index (Phi) is 6.59. The number of amides is 1. The van der Waals surface area contributed by atoms with Crippen molar-refractivity contribution < 1.29 is 27.6 Å². The number of rotatable bonds is 2. The summed E-state index contributed by atoms with van der Waals surface area (Å²) in [5.41, 5.74) is -2.24. The van der Waals surface area contributed by atoms with Gasteiger partial charge in [-0.25, -0.2) is 4.85 Å². The van der Waals surface area contributed by atoms with Gasteiger partial charge in [0.05, 0.1) is 6.57 Å². The predicted molar refractivity (Wildman–Crippen MR) is 149 cm³/mol. The largest absolute Gasteiger partial charge is 0.471 e. The number of hydrogen-bond donors (Lipinski definition) is 1. The first kappa shape index (κ1) is 30.3. The lowest BCUT2D eigenvalue weighted by molar-refractivity contribution is -0.222. The fraction of sp³-hybridized carbons (Fsp3) is 0.818. The number of alkyl halides is 3. The van der Waals surface area contributed by atoms with Crippen molar-refractivity contribution in [1.29, 1.82) is 0 Å². The van der Waals surface area contributed by atoms with E-state index in [9.17, 15) is 27.6 Å². The smallest absolute Gasteiger partial charge is 0.348 e. The van der Waals surface area contributed by atoms with E-state index in [4.69, 9.17) is 6.57 Å². The Morgan fingerprint density at radius 1 is 0.976 bits per heavy atom. The molecule has 0 radical (unpaired) electrons. The molecular formula is C33H45F3N2O3. The Morgan fingerprint density at radius 2 is 1.61 bits per heavy atom. The summed E-state index contributed by atoms with van der Waals surface area (Å²) in [4.78, 5) is 43.3. The van der Waals surface area contributed by atoms with Gasteiger partial charge in [-0.1, -0.05) is 54.5 Å². The van der Waals surface area contributed by atoms with Crippen LogP contribution in [0.1, 0.15) is 99.8 Å². The van der Waals surface area contributed by atoms with Gasteiger partial charge in [-0.05, 0) is 89.8 Å². The van der Waals surface area contributed by atoms with Gasteiger partial charge in [-0.3, -0.25) is 9.59 Å². The number of allylic oxidation sites excluding steroid dienone is 2. The number of hydrogen-bond acceptors (Lipinski definition) is 3. The summed E-state index contributed by atoms with van der Waals surface area (Å²) in [6, 6.07) is 0. The van der Waals surface area contributed by atoms with Crippen LogP contribution >= 0.6 is 0 Å². The van der Waals surface area contributed by atoms with Gasteiger partial charge in [-0.2, -0.15) is 13.2 Å². The summed E-state index contributed by atoms with van der Waals surface area (Å²) < 4.78 is 39.5. The van der Waals surface area contributed by atoms with E-state index in [1.54, 1.807) is 0 Å². The van der Waals surface area contributed by atoms with Crippen LogP contribution in [0.15, 0.2) is 11.8 Å². The van der Waals surface area contributed by atoms with Crippen molar-refractivity contribution in [1.82, 2.24) is 5.32 Å². The maximum Gasteiger partial charge on any atom is 0.471 e. The molecule has 0 spiro atoms. The van der Waals surface area contributed by atoms with Gasteiger partial charge in [0, 0.05) is 24.3 Å². The normalized spacial score (nSPS) is 44.8. The number of ketones is 2. The molecule has 0 heterocycles. The highest BCUT2D eigenvalue weighted by atomic mass is 19.4. The molecule has 5 nitrogen and oxygen atoms in total. The molecule has 5 aliphatic rings. The number of fused-ring (bicyclic) bond motifs is 7. The first-order valence-corrected chi connectivity index (χ1v) is 15.2. The minimum Gasteiger partial charge on any atom is -0.348 e. The third-order valence-corrected chi connectivity index (χ3v) is 13.5. The maximum atomic E-state index is 14.5. The second-order valence-electron chi connectivity index (χ2n) is 16.2. The third-order valence-electron chi connectivity index (χ3n) is 13.5. The van der Waals surface area contributed by atoms with E-state index in [1.807, 2.05) is 19.9 Å². The van der Waals surface area contributed by atoms with Crippen molar-refractivity contribution in [3.63, 3.8) is 0 Å². The van der Waals surface area contributed by atoms with E-state index in [1.165, 1.54) is 0 Å². The van der Waals surface area contributed by atoms with Gasteiger partial charge in [0.2, 0.25) is 5.70 Å². The zero-order valence-electron chi connectivity index (χ0n) is 25.6.